The van der Waals surface area contributed by atoms with Crippen LogP contribution in [0.5, 0.6) is 0 Å². The van der Waals surface area contributed by atoms with Gasteiger partial charge in [-0.2, -0.15) is 0 Å². The van der Waals surface area contributed by atoms with Crippen LogP contribution in [0, 0.1) is 0 Å². The Hall–Kier alpha value is 3.45. The Labute approximate surface area is 519 Å². The molecule has 0 aliphatic heterocycles. The second-order valence-electron chi connectivity index (χ2n) is 18.3. The van der Waals surface area contributed by atoms with Crippen LogP contribution < -0.4 is 0 Å². The van der Waals surface area contributed by atoms with Crippen molar-refractivity contribution < 1.29 is 29.7 Å². The summed E-state index contributed by atoms with van der Waals surface area (Å²) in [6, 6.07) is 0. The Bertz CT molecular complexity index is 731. The van der Waals surface area contributed by atoms with Gasteiger partial charge in [0.1, 0.15) is 0 Å². The van der Waals surface area contributed by atoms with Gasteiger partial charge >= 0.3 is 169 Å². The molecule has 10 heteroatoms. The fraction of sp³-hybridized carbons (Fsp3) is 0.944. The molecule has 0 fully saturated rings. The maximum absolute atomic E-state index is 10.3. The summed E-state index contributed by atoms with van der Waals surface area (Å²) in [7, 11) is 0. The second-order valence-corrected chi connectivity index (χ2v) is 18.3. The Morgan fingerprint density at radius 3 is 0.391 bits per heavy atom. The van der Waals surface area contributed by atoms with Crippen LogP contribution in [0.25, 0.3) is 0 Å². The number of carboxylic acids is 3. The summed E-state index contributed by atoms with van der Waals surface area (Å²) >= 11 is 0. The molecule has 0 spiro atoms. The molecule has 0 unspecified atom stereocenters. The Morgan fingerprint density at radius 1 is 0.203 bits per heavy atom. The summed E-state index contributed by atoms with van der Waals surface area (Å²) in [5, 5.41) is 25.6. The van der Waals surface area contributed by atoms with Crippen LogP contribution in [0.3, 0.4) is 0 Å². The first-order chi connectivity index (χ1) is 29.3. The van der Waals surface area contributed by atoms with Crippen molar-refractivity contribution in [3.63, 3.8) is 0 Å². The number of carbonyl (C=O) groups is 3. The summed E-state index contributed by atoms with van der Waals surface area (Å²) in [4.78, 5) is 31.0. The number of rotatable bonds is 48. The SMILES string of the molecule is CCCCCCCCCCCCCCCCCC(=O)O.CCCCCCCCCCCCCCCCCC(=O)O.CCCCCCCCCCCCCCCCCC(=O)O.[CaH2].[CaH2].[CaH2].[CaH2]. The van der Waals surface area contributed by atoms with E-state index in [2.05, 4.69) is 20.8 Å². The van der Waals surface area contributed by atoms with Crippen molar-refractivity contribution in [1.82, 2.24) is 0 Å². The van der Waals surface area contributed by atoms with E-state index in [0.717, 1.165) is 38.5 Å². The first kappa shape index (κ1) is 81.5. The van der Waals surface area contributed by atoms with E-state index in [1.165, 1.54) is 250 Å². The summed E-state index contributed by atoms with van der Waals surface area (Å²) in [5.74, 6) is -1.96. The molecule has 0 radical (unpaired) electrons. The first-order valence-corrected chi connectivity index (χ1v) is 27.0. The van der Waals surface area contributed by atoms with Gasteiger partial charge in [0.05, 0.1) is 0 Å². The van der Waals surface area contributed by atoms with Gasteiger partial charge in [0.25, 0.3) is 0 Å². The molecule has 0 bridgehead atoms. The van der Waals surface area contributed by atoms with Crippen LogP contribution in [-0.4, -0.2) is 184 Å². The van der Waals surface area contributed by atoms with Crippen molar-refractivity contribution in [1.29, 1.82) is 0 Å². The molecule has 0 saturated heterocycles. The van der Waals surface area contributed by atoms with Crippen LogP contribution in [0.15, 0.2) is 0 Å². The molecular formula is C54H116Ca4O6. The van der Waals surface area contributed by atoms with Gasteiger partial charge in [-0.15, -0.1) is 0 Å². The third-order valence-electron chi connectivity index (χ3n) is 12.0. The molecule has 3 N–H and O–H groups in total. The molecule has 0 heterocycles. The number of hydrogen-bond donors (Lipinski definition) is 3. The molecule has 376 valence electrons. The molecule has 0 atom stereocenters. The number of carboxylic acid groups (broad SMARTS) is 3. The molecule has 0 aliphatic rings. The van der Waals surface area contributed by atoms with Gasteiger partial charge in [-0.1, -0.05) is 290 Å². The van der Waals surface area contributed by atoms with E-state index in [9.17, 15) is 14.4 Å². The van der Waals surface area contributed by atoms with E-state index in [-0.39, 0.29) is 151 Å². The summed E-state index contributed by atoms with van der Waals surface area (Å²) in [5.41, 5.74) is 0. The maximum atomic E-state index is 10.3. The first-order valence-electron chi connectivity index (χ1n) is 27.0. The molecule has 0 aromatic carbocycles. The second kappa shape index (κ2) is 77.9. The van der Waals surface area contributed by atoms with Gasteiger partial charge in [0, 0.05) is 19.3 Å². The van der Waals surface area contributed by atoms with E-state index >= 15 is 0 Å². The van der Waals surface area contributed by atoms with Gasteiger partial charge in [-0.05, 0) is 19.3 Å². The molecule has 64 heavy (non-hydrogen) atoms. The topological polar surface area (TPSA) is 112 Å². The average Bonchev–Trinajstić information content (AvgIpc) is 3.22. The fourth-order valence-electron chi connectivity index (χ4n) is 7.94. The molecule has 0 saturated carbocycles. The predicted octanol–water partition coefficient (Wildman–Crippen LogP) is 15.3. The van der Waals surface area contributed by atoms with Gasteiger partial charge < -0.3 is 15.3 Å². The molecule has 0 aliphatic carbocycles. The molecule has 0 amide bonds. The van der Waals surface area contributed by atoms with Gasteiger partial charge in [0.15, 0.2) is 0 Å². The monoisotopic (exact) mass is 1020 g/mol. The van der Waals surface area contributed by atoms with Crippen molar-refractivity contribution in [2.24, 2.45) is 0 Å². The van der Waals surface area contributed by atoms with E-state index in [0.29, 0.717) is 19.3 Å². The zero-order valence-corrected chi connectivity index (χ0v) is 41.0. The Kier molecular flexibility index (Phi) is 99.2. The minimum atomic E-state index is -0.653. The van der Waals surface area contributed by atoms with Crippen molar-refractivity contribution in [3.8, 4) is 0 Å². The van der Waals surface area contributed by atoms with Gasteiger partial charge in [0.2, 0.25) is 0 Å². The summed E-state index contributed by atoms with van der Waals surface area (Å²) < 4.78 is 0. The summed E-state index contributed by atoms with van der Waals surface area (Å²) in [6.45, 7) is 6.81. The van der Waals surface area contributed by atoms with Crippen LogP contribution in [-0.2, 0) is 14.4 Å². The average molecular weight is 1020 g/mol. The Morgan fingerprint density at radius 2 is 0.297 bits per heavy atom. The van der Waals surface area contributed by atoms with E-state index in [4.69, 9.17) is 15.3 Å². The van der Waals surface area contributed by atoms with E-state index < -0.39 is 17.9 Å². The van der Waals surface area contributed by atoms with Crippen molar-refractivity contribution in [2.75, 3.05) is 0 Å². The van der Waals surface area contributed by atoms with E-state index in [1.54, 1.807) is 0 Å². The molecule has 0 aromatic rings. The zero-order valence-electron chi connectivity index (χ0n) is 41.0. The van der Waals surface area contributed by atoms with Crippen molar-refractivity contribution >= 4 is 169 Å². The van der Waals surface area contributed by atoms with E-state index in [1.807, 2.05) is 0 Å². The van der Waals surface area contributed by atoms with Crippen LogP contribution in [0.2, 0.25) is 0 Å². The van der Waals surface area contributed by atoms with Crippen molar-refractivity contribution in [2.45, 2.75) is 329 Å². The predicted molar refractivity (Wildman–Crippen MR) is 296 cm³/mol. The molecule has 0 rings (SSSR count). The Balaban J connectivity index is -0.000000148. The standard InChI is InChI=1S/3C18H36O2.4Ca.8H/c3*1-2-3-4-5-6-7-8-9-10-11-12-13-14-15-16-17-18(19)20;;;;;;;;;;;;/h3*2-17H2,1H3,(H,19,20);;;;;;;;;;;;. The quantitative estimate of drug-likeness (QED) is 0.0413. The van der Waals surface area contributed by atoms with Crippen LogP contribution >= 0.6 is 0 Å². The normalized spacial score (nSPS) is 10.2. The third kappa shape index (κ3) is 91.7. The zero-order chi connectivity index (χ0) is 44.7. The van der Waals surface area contributed by atoms with Crippen LogP contribution in [0.4, 0.5) is 0 Å². The molecular weight excluding hydrogens is 905 g/mol. The number of hydrogen-bond acceptors (Lipinski definition) is 3. The van der Waals surface area contributed by atoms with Crippen LogP contribution in [0.1, 0.15) is 329 Å². The van der Waals surface area contributed by atoms with Crippen molar-refractivity contribution in [3.05, 3.63) is 0 Å². The minimum absolute atomic E-state index is 0. The molecule has 6 nitrogen and oxygen atoms in total. The third-order valence-corrected chi connectivity index (χ3v) is 12.0. The number of aliphatic carboxylic acids is 3. The fourth-order valence-corrected chi connectivity index (χ4v) is 7.94. The molecule has 0 aromatic heterocycles. The van der Waals surface area contributed by atoms with Gasteiger partial charge in [-0.25, -0.2) is 0 Å². The summed E-state index contributed by atoms with van der Waals surface area (Å²) in [6.07, 6.45) is 60.6. The number of unbranched alkanes of at least 4 members (excludes halogenated alkanes) is 42. The van der Waals surface area contributed by atoms with Gasteiger partial charge in [-0.3, -0.25) is 14.4 Å².